The SMILES string of the molecule is Cc1cc(Cl)c(-c2cnc(C(C)CN)[nH]2)cc1F. The maximum atomic E-state index is 13.6. The number of halogens is 2. The predicted octanol–water partition coefficient (Wildman–Crippen LogP) is 3.24. The molecule has 0 aliphatic rings. The van der Waals surface area contributed by atoms with Gasteiger partial charge in [0.1, 0.15) is 11.6 Å². The standard InChI is InChI=1S/C13H15ClFN3/c1-7-3-10(14)9(4-11(7)15)12-6-17-13(18-12)8(2)5-16/h3-4,6,8H,5,16H2,1-2H3,(H,17,18). The number of nitrogens with one attached hydrogen (secondary N) is 1. The van der Waals surface area contributed by atoms with Crippen LogP contribution in [0.5, 0.6) is 0 Å². The molecule has 0 amide bonds. The lowest BCUT2D eigenvalue weighted by molar-refractivity contribution is 0.619. The molecule has 2 rings (SSSR count). The Balaban J connectivity index is 2.43. The van der Waals surface area contributed by atoms with E-state index < -0.39 is 0 Å². The fourth-order valence-electron chi connectivity index (χ4n) is 1.69. The summed E-state index contributed by atoms with van der Waals surface area (Å²) in [5.74, 6) is 0.634. The van der Waals surface area contributed by atoms with Gasteiger partial charge in [-0.1, -0.05) is 18.5 Å². The van der Waals surface area contributed by atoms with E-state index in [4.69, 9.17) is 17.3 Å². The van der Waals surface area contributed by atoms with E-state index in [0.29, 0.717) is 28.4 Å². The van der Waals surface area contributed by atoms with Crippen molar-refractivity contribution < 1.29 is 4.39 Å². The van der Waals surface area contributed by atoms with Gasteiger partial charge in [0.2, 0.25) is 0 Å². The highest BCUT2D eigenvalue weighted by Crippen LogP contribution is 2.29. The molecule has 0 spiro atoms. The van der Waals surface area contributed by atoms with E-state index in [1.807, 2.05) is 6.92 Å². The molecule has 0 fully saturated rings. The molecule has 1 aromatic heterocycles. The van der Waals surface area contributed by atoms with E-state index in [-0.39, 0.29) is 11.7 Å². The molecule has 0 radical (unpaired) electrons. The molecule has 0 aliphatic carbocycles. The Hall–Kier alpha value is -1.39. The van der Waals surface area contributed by atoms with Crippen LogP contribution in [0.25, 0.3) is 11.3 Å². The molecule has 3 N–H and O–H groups in total. The van der Waals surface area contributed by atoms with Gasteiger partial charge >= 0.3 is 0 Å². The minimum absolute atomic E-state index is 0.132. The van der Waals surface area contributed by atoms with Gasteiger partial charge < -0.3 is 10.7 Å². The lowest BCUT2D eigenvalue weighted by Gasteiger charge is -2.06. The first-order chi connectivity index (χ1) is 8.52. The van der Waals surface area contributed by atoms with Crippen molar-refractivity contribution >= 4 is 11.6 Å². The predicted molar refractivity (Wildman–Crippen MR) is 71.2 cm³/mol. The molecule has 0 saturated heterocycles. The fraction of sp³-hybridized carbons (Fsp3) is 0.308. The zero-order valence-electron chi connectivity index (χ0n) is 10.3. The van der Waals surface area contributed by atoms with E-state index >= 15 is 0 Å². The molecule has 2 aromatic rings. The van der Waals surface area contributed by atoms with Crippen molar-refractivity contribution in [3.63, 3.8) is 0 Å². The van der Waals surface area contributed by atoms with Gasteiger partial charge in [0.25, 0.3) is 0 Å². The zero-order valence-corrected chi connectivity index (χ0v) is 11.1. The number of H-pyrrole nitrogens is 1. The summed E-state index contributed by atoms with van der Waals surface area (Å²) in [6.07, 6.45) is 1.65. The Kier molecular flexibility index (Phi) is 3.68. The molecule has 3 nitrogen and oxygen atoms in total. The summed E-state index contributed by atoms with van der Waals surface area (Å²) < 4.78 is 13.6. The number of hydrogen-bond acceptors (Lipinski definition) is 2. The van der Waals surface area contributed by atoms with Crippen molar-refractivity contribution in [2.45, 2.75) is 19.8 Å². The summed E-state index contributed by atoms with van der Waals surface area (Å²) >= 11 is 6.12. The second-order valence-corrected chi connectivity index (χ2v) is 4.81. The Bertz CT molecular complexity index is 565. The largest absolute Gasteiger partial charge is 0.342 e. The van der Waals surface area contributed by atoms with Crippen LogP contribution in [0, 0.1) is 12.7 Å². The smallest absolute Gasteiger partial charge is 0.126 e. The number of aromatic nitrogens is 2. The number of nitrogens with zero attached hydrogens (tertiary/aromatic N) is 1. The van der Waals surface area contributed by atoms with E-state index in [1.54, 1.807) is 19.2 Å². The first kappa shape index (κ1) is 13.1. The van der Waals surface area contributed by atoms with Crippen LogP contribution in [0.15, 0.2) is 18.3 Å². The van der Waals surface area contributed by atoms with E-state index in [1.165, 1.54) is 6.07 Å². The third-order valence-electron chi connectivity index (χ3n) is 2.95. The van der Waals surface area contributed by atoms with Gasteiger partial charge in [0.15, 0.2) is 0 Å². The number of nitrogens with two attached hydrogens (primary N) is 1. The molecule has 1 unspecified atom stereocenters. The van der Waals surface area contributed by atoms with Crippen molar-refractivity contribution in [1.82, 2.24) is 9.97 Å². The van der Waals surface area contributed by atoms with Gasteiger partial charge in [0.05, 0.1) is 16.9 Å². The molecule has 0 aliphatic heterocycles. The van der Waals surface area contributed by atoms with Crippen molar-refractivity contribution in [3.8, 4) is 11.3 Å². The van der Waals surface area contributed by atoms with E-state index in [2.05, 4.69) is 9.97 Å². The minimum Gasteiger partial charge on any atom is -0.342 e. The Morgan fingerprint density at radius 1 is 1.50 bits per heavy atom. The summed E-state index contributed by atoms with van der Waals surface area (Å²) in [4.78, 5) is 7.37. The summed E-state index contributed by atoms with van der Waals surface area (Å²) in [6, 6.07) is 3.03. The summed E-state index contributed by atoms with van der Waals surface area (Å²) in [5.41, 5.74) is 7.42. The quantitative estimate of drug-likeness (QED) is 0.897. The Labute approximate surface area is 110 Å². The van der Waals surface area contributed by atoms with Gasteiger partial charge in [-0.25, -0.2) is 9.37 Å². The van der Waals surface area contributed by atoms with Gasteiger partial charge in [-0.05, 0) is 24.6 Å². The van der Waals surface area contributed by atoms with Crippen LogP contribution in [0.4, 0.5) is 4.39 Å². The monoisotopic (exact) mass is 267 g/mol. The van der Waals surface area contributed by atoms with Crippen LogP contribution < -0.4 is 5.73 Å². The zero-order chi connectivity index (χ0) is 13.3. The van der Waals surface area contributed by atoms with Gasteiger partial charge in [-0.2, -0.15) is 0 Å². The molecular weight excluding hydrogens is 253 g/mol. The molecular formula is C13H15ClFN3. The second-order valence-electron chi connectivity index (χ2n) is 4.40. The maximum Gasteiger partial charge on any atom is 0.126 e. The van der Waals surface area contributed by atoms with Crippen molar-refractivity contribution in [3.05, 3.63) is 40.6 Å². The maximum absolute atomic E-state index is 13.6. The van der Waals surface area contributed by atoms with Crippen molar-refractivity contribution in [2.75, 3.05) is 6.54 Å². The molecule has 1 atom stereocenters. The summed E-state index contributed by atoms with van der Waals surface area (Å²) in [5, 5.41) is 0.504. The van der Waals surface area contributed by atoms with Crippen molar-refractivity contribution in [1.29, 1.82) is 0 Å². The number of imidazole rings is 1. The van der Waals surface area contributed by atoms with E-state index in [0.717, 1.165) is 5.82 Å². The highest BCUT2D eigenvalue weighted by Gasteiger charge is 2.13. The summed E-state index contributed by atoms with van der Waals surface area (Å²) in [6.45, 7) is 4.16. The number of aryl methyl sites for hydroxylation is 1. The highest BCUT2D eigenvalue weighted by atomic mass is 35.5. The lowest BCUT2D eigenvalue weighted by Crippen LogP contribution is -2.10. The first-order valence-corrected chi connectivity index (χ1v) is 6.11. The minimum atomic E-state index is -0.280. The average Bonchev–Trinajstić information content (AvgIpc) is 2.82. The van der Waals surface area contributed by atoms with Crippen LogP contribution in [0.1, 0.15) is 24.2 Å². The second kappa shape index (κ2) is 5.08. The van der Waals surface area contributed by atoms with Gasteiger partial charge in [-0.15, -0.1) is 0 Å². The van der Waals surface area contributed by atoms with Crippen LogP contribution in [0.3, 0.4) is 0 Å². The third kappa shape index (κ3) is 2.40. The topological polar surface area (TPSA) is 54.7 Å². The molecule has 96 valence electrons. The number of hydrogen-bond donors (Lipinski definition) is 2. The van der Waals surface area contributed by atoms with Crippen LogP contribution in [-0.4, -0.2) is 16.5 Å². The van der Waals surface area contributed by atoms with Crippen molar-refractivity contribution in [2.24, 2.45) is 5.73 Å². The Morgan fingerprint density at radius 3 is 2.89 bits per heavy atom. The lowest BCUT2D eigenvalue weighted by atomic mass is 10.1. The molecule has 18 heavy (non-hydrogen) atoms. The van der Waals surface area contributed by atoms with Gasteiger partial charge in [0, 0.05) is 18.0 Å². The Morgan fingerprint density at radius 2 is 2.22 bits per heavy atom. The number of rotatable bonds is 3. The first-order valence-electron chi connectivity index (χ1n) is 5.74. The number of benzene rings is 1. The van der Waals surface area contributed by atoms with E-state index in [9.17, 15) is 4.39 Å². The molecule has 1 aromatic carbocycles. The van der Waals surface area contributed by atoms with Crippen LogP contribution in [-0.2, 0) is 0 Å². The molecule has 0 saturated carbocycles. The number of aromatic amines is 1. The third-order valence-corrected chi connectivity index (χ3v) is 3.27. The van der Waals surface area contributed by atoms with Crippen LogP contribution >= 0.6 is 11.6 Å². The van der Waals surface area contributed by atoms with Gasteiger partial charge in [-0.3, -0.25) is 0 Å². The van der Waals surface area contributed by atoms with Crippen LogP contribution in [0.2, 0.25) is 5.02 Å². The normalized spacial score (nSPS) is 12.7. The molecule has 0 bridgehead atoms. The summed E-state index contributed by atoms with van der Waals surface area (Å²) in [7, 11) is 0. The molecule has 5 heteroatoms. The average molecular weight is 268 g/mol. The highest BCUT2D eigenvalue weighted by molar-refractivity contribution is 6.33. The fourth-order valence-corrected chi connectivity index (χ4v) is 2.01. The molecule has 1 heterocycles.